The lowest BCUT2D eigenvalue weighted by molar-refractivity contribution is -0.129. The second-order valence-electron chi connectivity index (χ2n) is 4.08. The average Bonchev–Trinajstić information content (AvgIpc) is 2.13. The fourth-order valence-electron chi connectivity index (χ4n) is 1.04. The van der Waals surface area contributed by atoms with Gasteiger partial charge < -0.3 is 15.0 Å². The molecule has 0 fully saturated rings. The van der Waals surface area contributed by atoms with Crippen LogP contribution in [0.2, 0.25) is 0 Å². The molecule has 0 atom stereocenters. The molecule has 0 spiro atoms. The van der Waals surface area contributed by atoms with Crippen molar-refractivity contribution in [3.05, 3.63) is 0 Å². The summed E-state index contributed by atoms with van der Waals surface area (Å²) in [7, 11) is 3.46. The smallest absolute Gasteiger partial charge is 0.236 e. The van der Waals surface area contributed by atoms with Crippen LogP contribution in [0.3, 0.4) is 0 Å². The van der Waals surface area contributed by atoms with Gasteiger partial charge in [-0.1, -0.05) is 0 Å². The third kappa shape index (κ3) is 5.19. The summed E-state index contributed by atoms with van der Waals surface area (Å²) in [4.78, 5) is 13.1. The Bertz CT molecular complexity index is 181. The van der Waals surface area contributed by atoms with E-state index in [4.69, 9.17) is 4.74 Å². The van der Waals surface area contributed by atoms with Gasteiger partial charge in [-0.2, -0.15) is 0 Å². The second kappa shape index (κ2) is 5.98. The quantitative estimate of drug-likeness (QED) is 0.681. The van der Waals surface area contributed by atoms with Crippen LogP contribution in [0.4, 0.5) is 0 Å². The van der Waals surface area contributed by atoms with Gasteiger partial charge in [0.1, 0.15) is 0 Å². The van der Waals surface area contributed by atoms with Crippen molar-refractivity contribution >= 4 is 5.91 Å². The Kier molecular flexibility index (Phi) is 5.72. The molecule has 1 N–H and O–H groups in total. The Morgan fingerprint density at radius 1 is 1.50 bits per heavy atom. The van der Waals surface area contributed by atoms with E-state index in [0.29, 0.717) is 13.2 Å². The molecular formula is C10H22N2O2. The van der Waals surface area contributed by atoms with E-state index in [1.807, 2.05) is 20.8 Å². The maximum atomic E-state index is 11.4. The molecule has 0 unspecified atom stereocenters. The van der Waals surface area contributed by atoms with Crippen LogP contribution in [0.1, 0.15) is 20.8 Å². The molecule has 84 valence electrons. The highest BCUT2D eigenvalue weighted by molar-refractivity contribution is 5.77. The van der Waals surface area contributed by atoms with Crippen molar-refractivity contribution in [1.29, 1.82) is 0 Å². The lowest BCUT2D eigenvalue weighted by Gasteiger charge is -2.26. The zero-order valence-electron chi connectivity index (χ0n) is 9.89. The van der Waals surface area contributed by atoms with E-state index in [1.54, 1.807) is 19.1 Å². The molecule has 0 bridgehead atoms. The van der Waals surface area contributed by atoms with E-state index >= 15 is 0 Å². The molecule has 0 aliphatic heterocycles. The second-order valence-corrected chi connectivity index (χ2v) is 4.08. The zero-order chi connectivity index (χ0) is 11.2. The normalized spacial score (nSPS) is 11.5. The first-order valence-corrected chi connectivity index (χ1v) is 4.91. The van der Waals surface area contributed by atoms with E-state index in [0.717, 1.165) is 6.54 Å². The average molecular weight is 202 g/mol. The zero-order valence-corrected chi connectivity index (χ0v) is 9.89. The van der Waals surface area contributed by atoms with E-state index < -0.39 is 0 Å². The van der Waals surface area contributed by atoms with Gasteiger partial charge in [0.05, 0.1) is 13.2 Å². The largest absolute Gasteiger partial charge is 0.383 e. The van der Waals surface area contributed by atoms with Crippen LogP contribution in [0.5, 0.6) is 0 Å². The van der Waals surface area contributed by atoms with Crippen LogP contribution in [-0.4, -0.2) is 50.2 Å². The first kappa shape index (κ1) is 13.4. The summed E-state index contributed by atoms with van der Waals surface area (Å²) in [5, 5.41) is 3.16. The van der Waals surface area contributed by atoms with Crippen molar-refractivity contribution in [2.45, 2.75) is 26.3 Å². The van der Waals surface area contributed by atoms with E-state index in [2.05, 4.69) is 5.32 Å². The highest BCUT2D eigenvalue weighted by Crippen LogP contribution is 2.01. The number of nitrogens with zero attached hydrogens (tertiary/aromatic N) is 1. The molecule has 4 nitrogen and oxygen atoms in total. The number of carbonyl (C=O) groups excluding carboxylic acids is 1. The number of hydrogen-bond acceptors (Lipinski definition) is 3. The van der Waals surface area contributed by atoms with Crippen LogP contribution < -0.4 is 5.32 Å². The van der Waals surface area contributed by atoms with Gasteiger partial charge >= 0.3 is 0 Å². The van der Waals surface area contributed by atoms with E-state index in [9.17, 15) is 4.79 Å². The maximum absolute atomic E-state index is 11.4. The first-order valence-electron chi connectivity index (χ1n) is 4.91. The van der Waals surface area contributed by atoms with Crippen molar-refractivity contribution in [3.8, 4) is 0 Å². The minimum atomic E-state index is -0.154. The molecule has 0 saturated heterocycles. The number of ether oxygens (including phenoxy) is 1. The summed E-state index contributed by atoms with van der Waals surface area (Å²) in [5.41, 5.74) is -0.154. The Morgan fingerprint density at radius 2 is 2.07 bits per heavy atom. The predicted molar refractivity (Wildman–Crippen MR) is 57.3 cm³/mol. The lowest BCUT2D eigenvalue weighted by Crippen LogP contribution is -2.48. The van der Waals surface area contributed by atoms with Gasteiger partial charge in [0.25, 0.3) is 0 Å². The molecule has 4 heteroatoms. The van der Waals surface area contributed by atoms with E-state index in [1.165, 1.54) is 0 Å². The molecule has 0 heterocycles. The Balaban J connectivity index is 3.87. The van der Waals surface area contributed by atoms with Gasteiger partial charge in [-0.3, -0.25) is 4.79 Å². The maximum Gasteiger partial charge on any atom is 0.236 e. The van der Waals surface area contributed by atoms with Gasteiger partial charge in [-0.05, 0) is 20.8 Å². The number of nitrogens with one attached hydrogen (secondary N) is 1. The van der Waals surface area contributed by atoms with Crippen molar-refractivity contribution < 1.29 is 9.53 Å². The van der Waals surface area contributed by atoms with Gasteiger partial charge in [0, 0.05) is 26.2 Å². The van der Waals surface area contributed by atoms with Gasteiger partial charge in [-0.15, -0.1) is 0 Å². The molecule has 0 radical (unpaired) electrons. The molecule has 0 rings (SSSR count). The Morgan fingerprint density at radius 3 is 2.50 bits per heavy atom. The third-order valence-corrected chi connectivity index (χ3v) is 2.12. The Hall–Kier alpha value is -0.610. The molecule has 0 aliphatic carbocycles. The summed E-state index contributed by atoms with van der Waals surface area (Å²) in [6.45, 7) is 7.67. The first-order chi connectivity index (χ1) is 6.43. The van der Waals surface area contributed by atoms with Crippen molar-refractivity contribution in [3.63, 3.8) is 0 Å². The standard InChI is InChI=1S/C10H22N2O2/c1-6-12(4)9(13)7-11-10(2,3)8-14-5/h11H,6-8H2,1-5H3. The molecule has 0 aromatic rings. The number of methoxy groups -OCH3 is 1. The van der Waals surface area contributed by atoms with Crippen LogP contribution in [0.25, 0.3) is 0 Å². The summed E-state index contributed by atoms with van der Waals surface area (Å²) in [5.74, 6) is 0.108. The monoisotopic (exact) mass is 202 g/mol. The number of carbonyl (C=O) groups is 1. The van der Waals surface area contributed by atoms with Gasteiger partial charge in [-0.25, -0.2) is 0 Å². The van der Waals surface area contributed by atoms with Crippen molar-refractivity contribution in [1.82, 2.24) is 10.2 Å². The van der Waals surface area contributed by atoms with E-state index in [-0.39, 0.29) is 11.4 Å². The predicted octanol–water partition coefficient (Wildman–Crippen LogP) is 0.479. The minimum Gasteiger partial charge on any atom is -0.383 e. The highest BCUT2D eigenvalue weighted by Gasteiger charge is 2.18. The molecule has 0 aliphatic rings. The van der Waals surface area contributed by atoms with Crippen LogP contribution >= 0.6 is 0 Å². The summed E-state index contributed by atoms with van der Waals surface area (Å²) < 4.78 is 5.04. The summed E-state index contributed by atoms with van der Waals surface area (Å²) >= 11 is 0. The Labute approximate surface area is 86.6 Å². The molecule has 1 amide bonds. The van der Waals surface area contributed by atoms with Crippen molar-refractivity contribution in [2.24, 2.45) is 0 Å². The van der Waals surface area contributed by atoms with Crippen molar-refractivity contribution in [2.75, 3.05) is 33.9 Å². The molecule has 0 aromatic heterocycles. The number of amides is 1. The van der Waals surface area contributed by atoms with Crippen LogP contribution in [0, 0.1) is 0 Å². The van der Waals surface area contributed by atoms with Crippen LogP contribution in [0.15, 0.2) is 0 Å². The number of likely N-dealkylation sites (N-methyl/N-ethyl adjacent to an activating group) is 1. The molecule has 0 saturated carbocycles. The lowest BCUT2D eigenvalue weighted by atomic mass is 10.1. The molecule has 0 aromatic carbocycles. The fraction of sp³-hybridized carbons (Fsp3) is 0.900. The number of rotatable bonds is 6. The third-order valence-electron chi connectivity index (χ3n) is 2.12. The SMILES string of the molecule is CCN(C)C(=O)CNC(C)(C)COC. The molecular weight excluding hydrogens is 180 g/mol. The van der Waals surface area contributed by atoms with Crippen LogP contribution in [-0.2, 0) is 9.53 Å². The number of hydrogen-bond donors (Lipinski definition) is 1. The van der Waals surface area contributed by atoms with Gasteiger partial charge in [0.15, 0.2) is 0 Å². The topological polar surface area (TPSA) is 41.6 Å². The van der Waals surface area contributed by atoms with Gasteiger partial charge in [0.2, 0.25) is 5.91 Å². The summed E-state index contributed by atoms with van der Waals surface area (Å²) in [6, 6.07) is 0. The fourth-order valence-corrected chi connectivity index (χ4v) is 1.04. The minimum absolute atomic E-state index is 0.108. The summed E-state index contributed by atoms with van der Waals surface area (Å²) in [6.07, 6.45) is 0. The highest BCUT2D eigenvalue weighted by atomic mass is 16.5. The molecule has 14 heavy (non-hydrogen) atoms.